The van der Waals surface area contributed by atoms with E-state index in [1.54, 1.807) is 0 Å². The number of allylic oxidation sites excluding steroid dienone is 2. The number of unbranched alkanes of at least 4 members (excludes halogenated alkanes) is 8. The first-order valence-electron chi connectivity index (χ1n) is 12.8. The van der Waals surface area contributed by atoms with Crippen LogP contribution in [-0.2, 0) is 0 Å². The van der Waals surface area contributed by atoms with Gasteiger partial charge in [0.1, 0.15) is 0 Å². The van der Waals surface area contributed by atoms with Crippen molar-refractivity contribution in [2.45, 2.75) is 57.8 Å². The molecule has 3 aromatic carbocycles. The van der Waals surface area contributed by atoms with Crippen molar-refractivity contribution < 1.29 is 0 Å². The van der Waals surface area contributed by atoms with Crippen LogP contribution in [0.2, 0.25) is 0 Å². The van der Waals surface area contributed by atoms with Crippen LogP contribution in [0.15, 0.2) is 103 Å². The Morgan fingerprint density at radius 1 is 0.500 bits per heavy atom. The molecular weight excluding hydrogens is 474 g/mol. The standard InChI is InChI=1S/C31H39Cl2P/c32-27-19-8-6-4-2-1-3-5-7-9-20-28-34(33,29-21-13-10-14-22-29,30-23-15-11-16-24-30)31-25-17-12-18-26-31/h9-18,20-26H,1-8,19,27-28H2. The van der Waals surface area contributed by atoms with Crippen molar-refractivity contribution in [1.82, 2.24) is 0 Å². The molecule has 0 aliphatic heterocycles. The van der Waals surface area contributed by atoms with Gasteiger partial charge >= 0.3 is 200 Å². The van der Waals surface area contributed by atoms with E-state index in [9.17, 15) is 0 Å². The Morgan fingerprint density at radius 3 is 1.29 bits per heavy atom. The Kier molecular flexibility index (Phi) is 11.2. The summed E-state index contributed by atoms with van der Waals surface area (Å²) in [7, 11) is 0. The fourth-order valence-corrected chi connectivity index (χ4v) is 10.7. The molecule has 0 unspecified atom stereocenters. The second-order valence-corrected chi connectivity index (χ2v) is 16.0. The van der Waals surface area contributed by atoms with Crippen LogP contribution in [0.4, 0.5) is 0 Å². The van der Waals surface area contributed by atoms with Gasteiger partial charge in [-0.25, -0.2) is 0 Å². The fraction of sp³-hybridized carbons (Fsp3) is 0.355. The van der Waals surface area contributed by atoms with Gasteiger partial charge < -0.3 is 0 Å². The SMILES string of the molecule is ClCCCCCCCCCCC=CCP(Cl)(c1ccccc1)(c1ccccc1)c1ccccc1. The van der Waals surface area contributed by atoms with Gasteiger partial charge in [-0.1, -0.05) is 0 Å². The van der Waals surface area contributed by atoms with Gasteiger partial charge in [0.2, 0.25) is 0 Å². The topological polar surface area (TPSA) is 0 Å². The third kappa shape index (κ3) is 6.75. The molecule has 0 amide bonds. The summed E-state index contributed by atoms with van der Waals surface area (Å²) in [5, 5.41) is 3.68. The number of halogens is 2. The van der Waals surface area contributed by atoms with E-state index in [2.05, 4.69) is 103 Å². The molecule has 0 saturated heterocycles. The summed E-state index contributed by atoms with van der Waals surface area (Å²) < 4.78 is 0. The van der Waals surface area contributed by atoms with Gasteiger partial charge in [-0.3, -0.25) is 0 Å². The Bertz CT molecular complexity index is 871. The molecule has 0 heterocycles. The van der Waals surface area contributed by atoms with E-state index >= 15 is 0 Å². The maximum atomic E-state index is 8.08. The number of benzene rings is 3. The molecule has 3 rings (SSSR count). The first-order chi connectivity index (χ1) is 16.7. The Balaban J connectivity index is 1.72. The summed E-state index contributed by atoms with van der Waals surface area (Å²) in [6.07, 6.45) is 17.0. The van der Waals surface area contributed by atoms with Crippen molar-refractivity contribution >= 4 is 44.7 Å². The average Bonchev–Trinajstić information content (AvgIpc) is 2.91. The van der Waals surface area contributed by atoms with Crippen LogP contribution in [0.25, 0.3) is 0 Å². The molecule has 182 valence electrons. The van der Waals surface area contributed by atoms with E-state index in [-0.39, 0.29) is 0 Å². The van der Waals surface area contributed by atoms with Crippen LogP contribution < -0.4 is 15.9 Å². The summed E-state index contributed by atoms with van der Waals surface area (Å²) in [6, 6.07) is 32.2. The zero-order chi connectivity index (χ0) is 24.0. The van der Waals surface area contributed by atoms with Crippen LogP contribution in [0.5, 0.6) is 0 Å². The minimum absolute atomic E-state index is 0.803. The molecule has 0 radical (unpaired) electrons. The molecule has 0 N–H and O–H groups in total. The van der Waals surface area contributed by atoms with E-state index in [0.29, 0.717) is 0 Å². The minimum atomic E-state index is -3.16. The molecular formula is C31H39Cl2P. The summed E-state index contributed by atoms with van der Waals surface area (Å²) in [6.45, 7) is 0. The molecule has 0 aliphatic rings. The predicted octanol–water partition coefficient (Wildman–Crippen LogP) is 8.98. The van der Waals surface area contributed by atoms with Crippen molar-refractivity contribution in [1.29, 1.82) is 0 Å². The zero-order valence-electron chi connectivity index (χ0n) is 20.3. The normalized spacial score (nSPS) is 13.1. The third-order valence-electron chi connectivity index (χ3n) is 6.75. The van der Waals surface area contributed by atoms with Gasteiger partial charge in [0.15, 0.2) is 0 Å². The molecule has 0 aromatic heterocycles. The summed E-state index contributed by atoms with van der Waals surface area (Å²) in [5.41, 5.74) is 0. The number of rotatable bonds is 15. The quantitative estimate of drug-likeness (QED) is 0.0823. The Morgan fingerprint density at radius 2 is 0.882 bits per heavy atom. The summed E-state index contributed by atoms with van der Waals surface area (Å²) >= 11 is 13.8. The molecule has 0 fully saturated rings. The predicted molar refractivity (Wildman–Crippen MR) is 157 cm³/mol. The van der Waals surface area contributed by atoms with E-state index in [1.165, 1.54) is 60.9 Å². The van der Waals surface area contributed by atoms with E-state index < -0.39 is 5.96 Å². The zero-order valence-corrected chi connectivity index (χ0v) is 22.7. The number of hydrogen-bond donors (Lipinski definition) is 0. The van der Waals surface area contributed by atoms with Crippen molar-refractivity contribution in [2.75, 3.05) is 12.0 Å². The van der Waals surface area contributed by atoms with Gasteiger partial charge in [0, 0.05) is 5.88 Å². The van der Waals surface area contributed by atoms with Crippen LogP contribution in [-0.4, -0.2) is 12.0 Å². The second-order valence-electron chi connectivity index (χ2n) is 9.15. The van der Waals surface area contributed by atoms with Crippen LogP contribution >= 0.6 is 28.8 Å². The van der Waals surface area contributed by atoms with Crippen LogP contribution in [0.1, 0.15) is 57.8 Å². The van der Waals surface area contributed by atoms with Gasteiger partial charge in [0.05, 0.1) is 0 Å². The molecule has 0 bridgehead atoms. The van der Waals surface area contributed by atoms with Crippen LogP contribution in [0, 0.1) is 0 Å². The van der Waals surface area contributed by atoms with Crippen LogP contribution in [0.3, 0.4) is 0 Å². The number of alkyl halides is 1. The molecule has 0 spiro atoms. The first kappa shape index (κ1) is 27.0. The molecule has 3 heteroatoms. The van der Waals surface area contributed by atoms with Gasteiger partial charge in [-0.05, 0) is 0 Å². The molecule has 0 nitrogen and oxygen atoms in total. The van der Waals surface area contributed by atoms with E-state index in [4.69, 9.17) is 22.8 Å². The van der Waals surface area contributed by atoms with E-state index in [1.807, 2.05) is 0 Å². The molecule has 3 aromatic rings. The van der Waals surface area contributed by atoms with E-state index in [0.717, 1.165) is 24.9 Å². The third-order valence-corrected chi connectivity index (χ3v) is 14.2. The molecule has 34 heavy (non-hydrogen) atoms. The monoisotopic (exact) mass is 512 g/mol. The van der Waals surface area contributed by atoms with Gasteiger partial charge in [-0.15, -0.1) is 11.6 Å². The van der Waals surface area contributed by atoms with Gasteiger partial charge in [-0.2, -0.15) is 0 Å². The van der Waals surface area contributed by atoms with Gasteiger partial charge in [0.25, 0.3) is 0 Å². The Labute approximate surface area is 217 Å². The Hall–Kier alpha value is -1.59. The molecule has 0 atom stereocenters. The fourth-order valence-electron chi connectivity index (χ4n) is 4.79. The average molecular weight is 514 g/mol. The number of hydrogen-bond acceptors (Lipinski definition) is 0. The summed E-state index contributed by atoms with van der Waals surface area (Å²) in [5.74, 6) is -2.36. The molecule has 0 aliphatic carbocycles. The maximum absolute atomic E-state index is 8.08. The van der Waals surface area contributed by atoms with Crippen molar-refractivity contribution in [2.24, 2.45) is 0 Å². The molecule has 0 saturated carbocycles. The second kappa shape index (κ2) is 14.1. The first-order valence-corrected chi connectivity index (χ1v) is 16.7. The van der Waals surface area contributed by atoms with Crippen molar-refractivity contribution in [3.05, 3.63) is 103 Å². The summed E-state index contributed by atoms with van der Waals surface area (Å²) in [4.78, 5) is 0. The van der Waals surface area contributed by atoms with Crippen molar-refractivity contribution in [3.63, 3.8) is 0 Å². The van der Waals surface area contributed by atoms with Crippen molar-refractivity contribution in [3.8, 4) is 0 Å².